The summed E-state index contributed by atoms with van der Waals surface area (Å²) in [4.78, 5) is 48.1. The molecule has 1 aliphatic rings. The number of piperidine rings is 1. The van der Waals surface area contributed by atoms with Crippen molar-refractivity contribution in [2.75, 3.05) is 26.2 Å². The number of carbonyl (C=O) groups is 4. The zero-order valence-electron chi connectivity index (χ0n) is 19.3. The average Bonchev–Trinajstić information content (AvgIpc) is 2.76. The van der Waals surface area contributed by atoms with E-state index in [0.29, 0.717) is 38.9 Å². The summed E-state index contributed by atoms with van der Waals surface area (Å²) in [7, 11) is 0. The fourth-order valence-corrected chi connectivity index (χ4v) is 3.54. The highest BCUT2D eigenvalue weighted by molar-refractivity contribution is 5.77. The number of nitrogens with one attached hydrogen (secondary N) is 1. The molecule has 1 fully saturated rings. The molecule has 0 saturated carbocycles. The third-order valence-corrected chi connectivity index (χ3v) is 5.81. The fourth-order valence-electron chi connectivity index (χ4n) is 3.54. The summed E-state index contributed by atoms with van der Waals surface area (Å²) in [6.07, 6.45) is 12.3. The molecule has 0 aromatic rings. The van der Waals surface area contributed by atoms with Crippen molar-refractivity contribution in [2.45, 2.75) is 84.0 Å². The molecule has 0 atom stereocenters. The third kappa shape index (κ3) is 12.3. The van der Waals surface area contributed by atoms with Crippen LogP contribution in [-0.2, 0) is 23.9 Å². The SMILES string of the molecule is C#CCCCCC(=O)NCCCCCC(=O)N1CCC(C)(COC(=O)CCC(=O)O)CC1. The number of carboxylic acid groups (broad SMARTS) is 1. The molecule has 0 spiro atoms. The number of hydrogen-bond acceptors (Lipinski definition) is 5. The van der Waals surface area contributed by atoms with Gasteiger partial charge in [-0.3, -0.25) is 19.2 Å². The van der Waals surface area contributed by atoms with Crippen LogP contribution in [0.1, 0.15) is 84.0 Å². The largest absolute Gasteiger partial charge is 0.481 e. The highest BCUT2D eigenvalue weighted by atomic mass is 16.5. The van der Waals surface area contributed by atoms with Crippen molar-refractivity contribution in [2.24, 2.45) is 5.41 Å². The van der Waals surface area contributed by atoms with Gasteiger partial charge in [0.15, 0.2) is 0 Å². The summed E-state index contributed by atoms with van der Waals surface area (Å²) >= 11 is 0. The van der Waals surface area contributed by atoms with E-state index in [1.165, 1.54) is 0 Å². The van der Waals surface area contributed by atoms with Crippen LogP contribution in [0.15, 0.2) is 0 Å². The van der Waals surface area contributed by atoms with Gasteiger partial charge in [-0.25, -0.2) is 0 Å². The van der Waals surface area contributed by atoms with Gasteiger partial charge in [0, 0.05) is 44.3 Å². The molecule has 0 radical (unpaired) electrons. The number of aliphatic carboxylic acids is 1. The zero-order valence-corrected chi connectivity index (χ0v) is 19.3. The molecule has 1 aliphatic heterocycles. The minimum absolute atomic E-state index is 0.0574. The monoisotopic (exact) mass is 450 g/mol. The van der Waals surface area contributed by atoms with Crippen LogP contribution < -0.4 is 5.32 Å². The molecule has 2 amide bonds. The predicted octanol–water partition coefficient (Wildman–Crippen LogP) is 2.89. The number of nitrogens with zero attached hydrogens (tertiary/aromatic N) is 1. The summed E-state index contributed by atoms with van der Waals surface area (Å²) in [5.41, 5.74) is -0.186. The molecule has 1 rings (SSSR count). The topological polar surface area (TPSA) is 113 Å². The van der Waals surface area contributed by atoms with Crippen LogP contribution in [0.3, 0.4) is 0 Å². The smallest absolute Gasteiger partial charge is 0.306 e. The Morgan fingerprint density at radius 2 is 1.69 bits per heavy atom. The van der Waals surface area contributed by atoms with Crippen LogP contribution in [0.2, 0.25) is 0 Å². The minimum Gasteiger partial charge on any atom is -0.481 e. The first-order chi connectivity index (χ1) is 15.3. The Kier molecular flexibility index (Phi) is 13.1. The first-order valence-corrected chi connectivity index (χ1v) is 11.6. The van der Waals surface area contributed by atoms with Crippen LogP contribution in [0, 0.1) is 17.8 Å². The standard InChI is InChI=1S/C24H38N2O6/c1-3-4-5-7-10-20(27)25-16-9-6-8-11-21(28)26-17-14-24(2,15-18-26)19-32-23(31)13-12-22(29)30/h1H,4-19H2,2H3,(H,25,27)(H,29,30). The van der Waals surface area contributed by atoms with E-state index in [-0.39, 0.29) is 36.7 Å². The van der Waals surface area contributed by atoms with Crippen LogP contribution in [0.5, 0.6) is 0 Å². The Morgan fingerprint density at radius 3 is 2.34 bits per heavy atom. The van der Waals surface area contributed by atoms with Crippen LogP contribution >= 0.6 is 0 Å². The zero-order chi connectivity index (χ0) is 23.8. The quantitative estimate of drug-likeness (QED) is 0.225. The number of rotatable bonds is 15. The number of terminal acetylenes is 1. The Balaban J connectivity index is 2.11. The number of carboxylic acids is 1. The van der Waals surface area contributed by atoms with Crippen molar-refractivity contribution in [3.05, 3.63) is 0 Å². The molecule has 8 heteroatoms. The number of hydrogen-bond donors (Lipinski definition) is 2. The molecule has 0 aliphatic carbocycles. The van der Waals surface area contributed by atoms with Crippen molar-refractivity contribution >= 4 is 23.8 Å². The molecule has 0 aromatic heterocycles. The van der Waals surface area contributed by atoms with Crippen LogP contribution in [-0.4, -0.2) is 60.0 Å². The number of carbonyl (C=O) groups excluding carboxylic acids is 3. The van der Waals surface area contributed by atoms with Gasteiger partial charge in [0.1, 0.15) is 0 Å². The van der Waals surface area contributed by atoms with E-state index in [1.54, 1.807) is 0 Å². The number of likely N-dealkylation sites (tertiary alicyclic amines) is 1. The molecule has 32 heavy (non-hydrogen) atoms. The highest BCUT2D eigenvalue weighted by Gasteiger charge is 2.33. The van der Waals surface area contributed by atoms with Gasteiger partial charge in [0.05, 0.1) is 19.4 Å². The summed E-state index contributed by atoms with van der Waals surface area (Å²) in [6, 6.07) is 0. The van der Waals surface area contributed by atoms with Gasteiger partial charge in [-0.2, -0.15) is 0 Å². The lowest BCUT2D eigenvalue weighted by atomic mass is 9.81. The number of unbranched alkanes of at least 4 members (excludes halogenated alkanes) is 4. The summed E-state index contributed by atoms with van der Waals surface area (Å²) in [6.45, 7) is 4.19. The lowest BCUT2D eigenvalue weighted by molar-refractivity contribution is -0.151. The molecule has 1 saturated heterocycles. The molecule has 2 N–H and O–H groups in total. The van der Waals surface area contributed by atoms with E-state index >= 15 is 0 Å². The van der Waals surface area contributed by atoms with Gasteiger partial charge in [0.25, 0.3) is 0 Å². The van der Waals surface area contributed by atoms with Gasteiger partial charge in [0.2, 0.25) is 11.8 Å². The second-order valence-electron chi connectivity index (χ2n) is 8.82. The van der Waals surface area contributed by atoms with Crippen molar-refractivity contribution < 1.29 is 29.0 Å². The first kappa shape index (κ1) is 27.5. The molecule has 0 bridgehead atoms. The Labute approximate surface area is 191 Å². The predicted molar refractivity (Wildman–Crippen MR) is 121 cm³/mol. The van der Waals surface area contributed by atoms with E-state index in [9.17, 15) is 19.2 Å². The van der Waals surface area contributed by atoms with E-state index < -0.39 is 11.9 Å². The fraction of sp³-hybridized carbons (Fsp3) is 0.750. The maximum atomic E-state index is 12.4. The maximum Gasteiger partial charge on any atom is 0.306 e. The number of amides is 2. The van der Waals surface area contributed by atoms with Gasteiger partial charge in [-0.05, 0) is 38.5 Å². The maximum absolute atomic E-state index is 12.4. The molecular weight excluding hydrogens is 412 g/mol. The molecule has 0 aromatic carbocycles. The number of esters is 1. The lowest BCUT2D eigenvalue weighted by Crippen LogP contribution is -2.44. The highest BCUT2D eigenvalue weighted by Crippen LogP contribution is 2.31. The average molecular weight is 451 g/mol. The van der Waals surface area contributed by atoms with Gasteiger partial charge in [-0.15, -0.1) is 12.3 Å². The van der Waals surface area contributed by atoms with Crippen LogP contribution in [0.25, 0.3) is 0 Å². The first-order valence-electron chi connectivity index (χ1n) is 11.6. The Morgan fingerprint density at radius 1 is 1.00 bits per heavy atom. The molecule has 0 unspecified atom stereocenters. The normalized spacial score (nSPS) is 14.9. The molecule has 1 heterocycles. The molecule has 180 valence electrons. The summed E-state index contributed by atoms with van der Waals surface area (Å²) in [5, 5.41) is 11.5. The van der Waals surface area contributed by atoms with E-state index in [4.69, 9.17) is 16.3 Å². The second-order valence-corrected chi connectivity index (χ2v) is 8.82. The van der Waals surface area contributed by atoms with Crippen molar-refractivity contribution in [1.82, 2.24) is 10.2 Å². The van der Waals surface area contributed by atoms with E-state index in [0.717, 1.165) is 44.9 Å². The summed E-state index contributed by atoms with van der Waals surface area (Å²) < 4.78 is 5.24. The lowest BCUT2D eigenvalue weighted by Gasteiger charge is -2.39. The minimum atomic E-state index is -1.02. The molecule has 8 nitrogen and oxygen atoms in total. The van der Waals surface area contributed by atoms with Gasteiger partial charge >= 0.3 is 11.9 Å². The summed E-state index contributed by atoms with van der Waals surface area (Å²) in [5.74, 6) is 1.25. The van der Waals surface area contributed by atoms with Crippen molar-refractivity contribution in [3.63, 3.8) is 0 Å². The number of ether oxygens (including phenoxy) is 1. The third-order valence-electron chi connectivity index (χ3n) is 5.81. The van der Waals surface area contributed by atoms with Gasteiger partial charge in [-0.1, -0.05) is 13.3 Å². The second kappa shape index (κ2) is 15.3. The molecular formula is C24H38N2O6. The van der Waals surface area contributed by atoms with Crippen LogP contribution in [0.4, 0.5) is 0 Å². The van der Waals surface area contributed by atoms with Crippen molar-refractivity contribution in [3.8, 4) is 12.3 Å². The van der Waals surface area contributed by atoms with E-state index in [2.05, 4.69) is 11.2 Å². The Bertz CT molecular complexity index is 662. The van der Waals surface area contributed by atoms with Gasteiger partial charge < -0.3 is 20.1 Å². The Hall–Kier alpha value is -2.56. The van der Waals surface area contributed by atoms with E-state index in [1.807, 2.05) is 11.8 Å². The van der Waals surface area contributed by atoms with Crippen molar-refractivity contribution in [1.29, 1.82) is 0 Å².